The molecular weight excluding hydrogens is 288 g/mol. The van der Waals surface area contributed by atoms with E-state index in [9.17, 15) is 4.79 Å². The Kier molecular flexibility index (Phi) is 6.26. The van der Waals surface area contributed by atoms with Crippen molar-refractivity contribution in [2.24, 2.45) is 0 Å². The van der Waals surface area contributed by atoms with Crippen molar-refractivity contribution < 1.29 is 9.53 Å². The van der Waals surface area contributed by atoms with Gasteiger partial charge in [0.15, 0.2) is 0 Å². The first-order valence-corrected chi connectivity index (χ1v) is 7.49. The monoisotopic (exact) mass is 306 g/mol. The van der Waals surface area contributed by atoms with Crippen molar-refractivity contribution in [1.29, 1.82) is 0 Å². The van der Waals surface area contributed by atoms with Crippen LogP contribution in [0.5, 0.6) is 0 Å². The molecule has 0 aliphatic rings. The molecule has 0 unspecified atom stereocenters. The molecule has 2 heterocycles. The fourth-order valence-electron chi connectivity index (χ4n) is 1.65. The second kappa shape index (κ2) is 8.46. The van der Waals surface area contributed by atoms with Gasteiger partial charge in [0.1, 0.15) is 5.01 Å². The quantitative estimate of drug-likeness (QED) is 0.713. The van der Waals surface area contributed by atoms with Crippen molar-refractivity contribution in [3.8, 4) is 10.7 Å². The number of rotatable bonds is 8. The summed E-state index contributed by atoms with van der Waals surface area (Å²) in [6.07, 6.45) is 1.75. The van der Waals surface area contributed by atoms with Crippen LogP contribution in [0.1, 0.15) is 5.69 Å². The normalized spacial score (nSPS) is 10.5. The van der Waals surface area contributed by atoms with Crippen molar-refractivity contribution in [3.63, 3.8) is 0 Å². The molecule has 2 N–H and O–H groups in total. The van der Waals surface area contributed by atoms with Gasteiger partial charge >= 0.3 is 0 Å². The summed E-state index contributed by atoms with van der Waals surface area (Å²) in [5.41, 5.74) is 1.77. The van der Waals surface area contributed by atoms with Gasteiger partial charge in [0.2, 0.25) is 5.91 Å². The Labute approximate surface area is 127 Å². The molecule has 0 aliphatic carbocycles. The molecule has 2 aromatic heterocycles. The highest BCUT2D eigenvalue weighted by Crippen LogP contribution is 2.20. The molecular formula is C14H18N4O2S. The van der Waals surface area contributed by atoms with Crippen molar-refractivity contribution in [1.82, 2.24) is 20.6 Å². The van der Waals surface area contributed by atoms with Crippen LogP contribution in [0.2, 0.25) is 0 Å². The molecule has 6 nitrogen and oxygen atoms in total. The van der Waals surface area contributed by atoms with Gasteiger partial charge in [-0.15, -0.1) is 11.3 Å². The highest BCUT2D eigenvalue weighted by Gasteiger charge is 2.06. The van der Waals surface area contributed by atoms with Crippen molar-refractivity contribution in [3.05, 3.63) is 35.5 Å². The van der Waals surface area contributed by atoms with Gasteiger partial charge in [-0.25, -0.2) is 4.98 Å². The van der Waals surface area contributed by atoms with Crippen molar-refractivity contribution in [2.45, 2.75) is 6.54 Å². The van der Waals surface area contributed by atoms with E-state index >= 15 is 0 Å². The minimum atomic E-state index is -0.0489. The molecule has 0 fully saturated rings. The van der Waals surface area contributed by atoms with Crippen LogP contribution in [0, 0.1) is 0 Å². The van der Waals surface area contributed by atoms with Gasteiger partial charge in [0, 0.05) is 31.8 Å². The molecule has 0 aliphatic heterocycles. The lowest BCUT2D eigenvalue weighted by Crippen LogP contribution is -2.35. The SMILES string of the molecule is COCCNC(=O)CNCc1csc(-c2ccccn2)n1. The average molecular weight is 306 g/mol. The van der Waals surface area contributed by atoms with E-state index in [2.05, 4.69) is 20.6 Å². The highest BCUT2D eigenvalue weighted by atomic mass is 32.1. The third-order valence-corrected chi connectivity index (χ3v) is 3.57. The number of ether oxygens (including phenoxy) is 1. The third kappa shape index (κ3) is 5.22. The first kappa shape index (κ1) is 15.6. The fraction of sp³-hybridized carbons (Fsp3) is 0.357. The molecule has 0 aromatic carbocycles. The Morgan fingerprint density at radius 1 is 1.43 bits per heavy atom. The summed E-state index contributed by atoms with van der Waals surface area (Å²) < 4.78 is 4.86. The van der Waals surface area contributed by atoms with E-state index in [1.165, 1.54) is 0 Å². The average Bonchev–Trinajstić information content (AvgIpc) is 2.97. The predicted molar refractivity (Wildman–Crippen MR) is 81.9 cm³/mol. The minimum absolute atomic E-state index is 0.0489. The van der Waals surface area contributed by atoms with Crippen LogP contribution < -0.4 is 10.6 Å². The summed E-state index contributed by atoms with van der Waals surface area (Å²) in [6, 6.07) is 5.74. The number of nitrogens with one attached hydrogen (secondary N) is 2. The van der Waals surface area contributed by atoms with Gasteiger partial charge in [-0.1, -0.05) is 6.07 Å². The second-order valence-corrected chi connectivity index (χ2v) is 5.16. The van der Waals surface area contributed by atoms with Crippen molar-refractivity contribution >= 4 is 17.2 Å². The van der Waals surface area contributed by atoms with Crippen LogP contribution in [0.3, 0.4) is 0 Å². The van der Waals surface area contributed by atoms with E-state index < -0.39 is 0 Å². The summed E-state index contributed by atoms with van der Waals surface area (Å²) in [6.45, 7) is 1.87. The number of amides is 1. The molecule has 21 heavy (non-hydrogen) atoms. The maximum absolute atomic E-state index is 11.5. The van der Waals surface area contributed by atoms with Crippen LogP contribution in [0.15, 0.2) is 29.8 Å². The highest BCUT2D eigenvalue weighted by molar-refractivity contribution is 7.13. The molecule has 112 valence electrons. The molecule has 0 atom stereocenters. The number of carbonyl (C=O) groups is 1. The number of pyridine rings is 1. The lowest BCUT2D eigenvalue weighted by Gasteiger charge is -2.04. The third-order valence-electron chi connectivity index (χ3n) is 2.66. The van der Waals surface area contributed by atoms with E-state index in [4.69, 9.17) is 4.74 Å². The molecule has 0 radical (unpaired) electrons. The summed E-state index contributed by atoms with van der Waals surface area (Å²) >= 11 is 1.55. The van der Waals surface area contributed by atoms with Crippen molar-refractivity contribution in [2.75, 3.05) is 26.8 Å². The maximum Gasteiger partial charge on any atom is 0.234 e. The van der Waals surface area contributed by atoms with Crippen LogP contribution in [0.25, 0.3) is 10.7 Å². The summed E-state index contributed by atoms with van der Waals surface area (Å²) in [5, 5.41) is 8.67. The summed E-state index contributed by atoms with van der Waals surface area (Å²) in [7, 11) is 1.60. The van der Waals surface area contributed by atoms with Gasteiger partial charge in [-0.05, 0) is 12.1 Å². The topological polar surface area (TPSA) is 76.1 Å². The Morgan fingerprint density at radius 2 is 2.33 bits per heavy atom. The lowest BCUT2D eigenvalue weighted by atomic mass is 10.3. The molecule has 0 bridgehead atoms. The molecule has 2 aromatic rings. The van der Waals surface area contributed by atoms with Crippen LogP contribution in [-0.4, -0.2) is 42.7 Å². The molecule has 1 amide bonds. The Hall–Kier alpha value is -1.83. The van der Waals surface area contributed by atoms with Gasteiger partial charge in [0.25, 0.3) is 0 Å². The standard InChI is InChI=1S/C14H18N4O2S/c1-20-7-6-17-13(19)9-15-8-11-10-21-14(18-11)12-4-2-3-5-16-12/h2-5,10,15H,6-9H2,1H3,(H,17,19). The van der Waals surface area contributed by atoms with Gasteiger partial charge in [0.05, 0.1) is 24.5 Å². The molecule has 0 saturated carbocycles. The summed E-state index contributed by atoms with van der Waals surface area (Å²) in [4.78, 5) is 20.2. The predicted octanol–water partition coefficient (Wildman–Crippen LogP) is 1.06. The Bertz CT molecular complexity index is 559. The van der Waals surface area contributed by atoms with Gasteiger partial charge in [-0.2, -0.15) is 0 Å². The van der Waals surface area contributed by atoms with E-state index in [0.717, 1.165) is 16.4 Å². The number of hydrogen-bond donors (Lipinski definition) is 2. The molecule has 0 saturated heterocycles. The molecule has 0 spiro atoms. The Morgan fingerprint density at radius 3 is 3.10 bits per heavy atom. The van der Waals surface area contributed by atoms with Crippen LogP contribution >= 0.6 is 11.3 Å². The Balaban J connectivity index is 1.75. The van der Waals surface area contributed by atoms with E-state index in [0.29, 0.717) is 19.7 Å². The number of carbonyl (C=O) groups excluding carboxylic acids is 1. The maximum atomic E-state index is 11.5. The fourth-order valence-corrected chi connectivity index (χ4v) is 2.45. The zero-order valence-corrected chi connectivity index (χ0v) is 12.7. The number of aromatic nitrogens is 2. The number of nitrogens with zero attached hydrogens (tertiary/aromatic N) is 2. The molecule has 7 heteroatoms. The smallest absolute Gasteiger partial charge is 0.234 e. The van der Waals surface area contributed by atoms with Crippen LogP contribution in [-0.2, 0) is 16.1 Å². The molecule has 2 rings (SSSR count). The first-order chi connectivity index (χ1) is 10.3. The lowest BCUT2D eigenvalue weighted by molar-refractivity contribution is -0.120. The minimum Gasteiger partial charge on any atom is -0.383 e. The van der Waals surface area contributed by atoms with E-state index in [1.54, 1.807) is 24.6 Å². The van der Waals surface area contributed by atoms with E-state index in [1.807, 2.05) is 23.6 Å². The number of hydrogen-bond acceptors (Lipinski definition) is 6. The first-order valence-electron chi connectivity index (χ1n) is 6.62. The van der Waals surface area contributed by atoms with Gasteiger partial charge < -0.3 is 15.4 Å². The summed E-state index contributed by atoms with van der Waals surface area (Å²) in [5.74, 6) is -0.0489. The van der Waals surface area contributed by atoms with Crippen LogP contribution in [0.4, 0.5) is 0 Å². The number of thiazole rings is 1. The van der Waals surface area contributed by atoms with Gasteiger partial charge in [-0.3, -0.25) is 9.78 Å². The largest absolute Gasteiger partial charge is 0.383 e. The zero-order chi connectivity index (χ0) is 14.9. The van der Waals surface area contributed by atoms with E-state index in [-0.39, 0.29) is 12.5 Å². The number of methoxy groups -OCH3 is 1. The second-order valence-electron chi connectivity index (χ2n) is 4.31. The zero-order valence-electron chi connectivity index (χ0n) is 11.8.